The second-order valence-corrected chi connectivity index (χ2v) is 6.02. The van der Waals surface area contributed by atoms with E-state index in [-0.39, 0.29) is 17.8 Å². The van der Waals surface area contributed by atoms with Gasteiger partial charge in [0, 0.05) is 11.1 Å². The van der Waals surface area contributed by atoms with E-state index in [1.54, 1.807) is 36.4 Å². The molecule has 0 fully saturated rings. The second-order valence-electron chi connectivity index (χ2n) is 5.58. The van der Waals surface area contributed by atoms with Crippen molar-refractivity contribution in [1.29, 1.82) is 0 Å². The molecule has 0 radical (unpaired) electrons. The number of benzene rings is 2. The summed E-state index contributed by atoms with van der Waals surface area (Å²) < 4.78 is 5.48. The molecule has 0 saturated heterocycles. The maximum absolute atomic E-state index is 11.6. The lowest BCUT2D eigenvalue weighted by Crippen LogP contribution is -2.37. The van der Waals surface area contributed by atoms with Gasteiger partial charge in [-0.3, -0.25) is 0 Å². The van der Waals surface area contributed by atoms with Crippen LogP contribution >= 0.6 is 11.6 Å². The van der Waals surface area contributed by atoms with E-state index in [0.717, 1.165) is 5.56 Å². The van der Waals surface area contributed by atoms with Gasteiger partial charge in [-0.15, -0.1) is 0 Å². The minimum absolute atomic E-state index is 0.128. The van der Waals surface area contributed by atoms with Crippen molar-refractivity contribution in [2.24, 2.45) is 0 Å². The predicted molar refractivity (Wildman–Crippen MR) is 89.6 cm³/mol. The molecule has 1 aliphatic heterocycles. The molecule has 2 atom stereocenters. The maximum Gasteiger partial charge on any atom is 0.331 e. The number of cyclic esters (lactones) is 1. The summed E-state index contributed by atoms with van der Waals surface area (Å²) in [4.78, 5) is 11.6. The zero-order valence-corrected chi connectivity index (χ0v) is 13.2. The van der Waals surface area contributed by atoms with Crippen molar-refractivity contribution in [3.63, 3.8) is 0 Å². The fourth-order valence-corrected chi connectivity index (χ4v) is 2.76. The number of phenolic OH excluding ortho intramolecular Hbond substituents is 1. The third-order valence-corrected chi connectivity index (χ3v) is 4.10. The van der Waals surface area contributed by atoms with E-state index in [1.165, 1.54) is 6.08 Å². The van der Waals surface area contributed by atoms with Crippen LogP contribution in [0.3, 0.4) is 0 Å². The SMILES string of the molecule is C[C@]1([C@H](Nc2ccccc2O)c2ccc(Cl)cc2)C=CC(=O)O1. The summed E-state index contributed by atoms with van der Waals surface area (Å²) in [7, 11) is 0. The molecule has 1 heterocycles. The molecule has 118 valence electrons. The molecule has 4 nitrogen and oxygen atoms in total. The van der Waals surface area contributed by atoms with E-state index in [2.05, 4.69) is 5.32 Å². The van der Waals surface area contributed by atoms with Crippen LogP contribution in [0.15, 0.2) is 60.7 Å². The Morgan fingerprint density at radius 1 is 1.17 bits per heavy atom. The number of hydrogen-bond acceptors (Lipinski definition) is 4. The number of hydrogen-bond donors (Lipinski definition) is 2. The zero-order chi connectivity index (χ0) is 16.4. The standard InChI is InChI=1S/C18H16ClNO3/c1-18(11-10-16(22)23-18)17(12-6-8-13(19)9-7-12)20-14-4-2-3-5-15(14)21/h2-11,17,20-21H,1H3/t17-,18-/m1/s1. The van der Waals surface area contributed by atoms with Crippen LogP contribution in [0.25, 0.3) is 0 Å². The number of halogens is 1. The number of anilines is 1. The molecule has 0 unspecified atom stereocenters. The molecule has 5 heteroatoms. The van der Waals surface area contributed by atoms with Gasteiger partial charge in [-0.2, -0.15) is 0 Å². The highest BCUT2D eigenvalue weighted by Gasteiger charge is 2.40. The fraction of sp³-hybridized carbons (Fsp3) is 0.167. The molecular formula is C18H16ClNO3. The van der Waals surface area contributed by atoms with Crippen molar-refractivity contribution in [3.05, 3.63) is 71.3 Å². The Kier molecular flexibility index (Phi) is 4.01. The number of rotatable bonds is 4. The van der Waals surface area contributed by atoms with E-state index < -0.39 is 5.60 Å². The van der Waals surface area contributed by atoms with Gasteiger partial charge >= 0.3 is 5.97 Å². The third-order valence-electron chi connectivity index (χ3n) is 3.85. The van der Waals surface area contributed by atoms with Crippen LogP contribution in [0.4, 0.5) is 5.69 Å². The molecule has 2 aromatic rings. The number of para-hydroxylation sites is 2. The number of esters is 1. The Hall–Kier alpha value is -2.46. The van der Waals surface area contributed by atoms with Gasteiger partial charge in [0.05, 0.1) is 11.7 Å². The quantitative estimate of drug-likeness (QED) is 0.655. The Morgan fingerprint density at radius 2 is 1.87 bits per heavy atom. The van der Waals surface area contributed by atoms with Crippen molar-refractivity contribution in [3.8, 4) is 5.75 Å². The summed E-state index contributed by atoms with van der Waals surface area (Å²) in [5.41, 5.74) is 0.581. The molecule has 0 spiro atoms. The highest BCUT2D eigenvalue weighted by molar-refractivity contribution is 6.30. The van der Waals surface area contributed by atoms with Crippen molar-refractivity contribution in [1.82, 2.24) is 0 Å². The van der Waals surface area contributed by atoms with Crippen LogP contribution in [0.2, 0.25) is 5.02 Å². The van der Waals surface area contributed by atoms with E-state index >= 15 is 0 Å². The minimum Gasteiger partial charge on any atom is -0.506 e. The topological polar surface area (TPSA) is 58.6 Å². The van der Waals surface area contributed by atoms with E-state index in [0.29, 0.717) is 10.7 Å². The zero-order valence-electron chi connectivity index (χ0n) is 12.5. The number of nitrogens with one attached hydrogen (secondary N) is 1. The number of ether oxygens (including phenoxy) is 1. The highest BCUT2D eigenvalue weighted by atomic mass is 35.5. The molecule has 3 rings (SSSR count). The van der Waals surface area contributed by atoms with Crippen molar-refractivity contribution in [2.45, 2.75) is 18.6 Å². The molecule has 1 aliphatic rings. The summed E-state index contributed by atoms with van der Waals surface area (Å²) in [5, 5.41) is 13.9. The summed E-state index contributed by atoms with van der Waals surface area (Å²) in [6.45, 7) is 1.82. The van der Waals surface area contributed by atoms with Crippen LogP contribution in [0, 0.1) is 0 Å². The molecule has 2 N–H and O–H groups in total. The monoisotopic (exact) mass is 329 g/mol. The predicted octanol–water partition coefficient (Wildman–Crippen LogP) is 4.07. The second kappa shape index (κ2) is 5.97. The van der Waals surface area contributed by atoms with Crippen LogP contribution in [-0.2, 0) is 9.53 Å². The van der Waals surface area contributed by atoms with Crippen LogP contribution in [0.5, 0.6) is 5.75 Å². The van der Waals surface area contributed by atoms with Gasteiger partial charge in [0.1, 0.15) is 5.75 Å². The first-order valence-corrected chi connectivity index (χ1v) is 7.58. The first kappa shape index (κ1) is 15.4. The first-order valence-electron chi connectivity index (χ1n) is 7.20. The average Bonchev–Trinajstić information content (AvgIpc) is 2.88. The lowest BCUT2D eigenvalue weighted by atomic mass is 9.90. The van der Waals surface area contributed by atoms with E-state index in [9.17, 15) is 9.90 Å². The Balaban J connectivity index is 2.00. The van der Waals surface area contributed by atoms with Crippen molar-refractivity contribution >= 4 is 23.3 Å². The minimum atomic E-state index is -0.868. The average molecular weight is 330 g/mol. The third kappa shape index (κ3) is 3.17. The molecule has 0 bridgehead atoms. The summed E-state index contributed by atoms with van der Waals surface area (Å²) >= 11 is 5.96. The fourth-order valence-electron chi connectivity index (χ4n) is 2.64. The summed E-state index contributed by atoms with van der Waals surface area (Å²) in [6.07, 6.45) is 3.14. The van der Waals surface area contributed by atoms with Gasteiger partial charge in [-0.05, 0) is 42.8 Å². The lowest BCUT2D eigenvalue weighted by molar-refractivity contribution is -0.145. The van der Waals surface area contributed by atoms with Gasteiger partial charge in [0.15, 0.2) is 5.60 Å². The summed E-state index contributed by atoms with van der Waals surface area (Å²) in [5.74, 6) is -0.256. The van der Waals surface area contributed by atoms with E-state index in [1.807, 2.05) is 25.1 Å². The van der Waals surface area contributed by atoms with Crippen molar-refractivity contribution in [2.75, 3.05) is 5.32 Å². The Labute approximate surface area is 139 Å². The van der Waals surface area contributed by atoms with Gasteiger partial charge < -0.3 is 15.2 Å². The Morgan fingerprint density at radius 3 is 2.48 bits per heavy atom. The van der Waals surface area contributed by atoms with Gasteiger partial charge in [-0.25, -0.2) is 4.79 Å². The van der Waals surface area contributed by atoms with Crippen LogP contribution < -0.4 is 5.32 Å². The largest absolute Gasteiger partial charge is 0.506 e. The van der Waals surface area contributed by atoms with Crippen molar-refractivity contribution < 1.29 is 14.6 Å². The first-order chi connectivity index (χ1) is 11.0. The van der Waals surface area contributed by atoms with Crippen LogP contribution in [0.1, 0.15) is 18.5 Å². The Bertz CT molecular complexity index is 757. The molecule has 23 heavy (non-hydrogen) atoms. The normalized spacial score (nSPS) is 21.0. The lowest BCUT2D eigenvalue weighted by Gasteiger charge is -2.33. The number of carbonyl (C=O) groups is 1. The molecule has 0 aliphatic carbocycles. The number of phenols is 1. The molecule has 0 saturated carbocycles. The van der Waals surface area contributed by atoms with Gasteiger partial charge in [0.2, 0.25) is 0 Å². The van der Waals surface area contributed by atoms with E-state index in [4.69, 9.17) is 16.3 Å². The van der Waals surface area contributed by atoms with Crippen LogP contribution in [-0.4, -0.2) is 16.7 Å². The molecule has 2 aromatic carbocycles. The van der Waals surface area contributed by atoms with Gasteiger partial charge in [-0.1, -0.05) is 35.9 Å². The highest BCUT2D eigenvalue weighted by Crippen LogP contribution is 2.38. The number of aromatic hydroxyl groups is 1. The molecule has 0 amide bonds. The summed E-state index contributed by atoms with van der Waals surface area (Å²) in [6, 6.07) is 13.8. The maximum atomic E-state index is 11.6. The smallest absolute Gasteiger partial charge is 0.331 e. The number of carbonyl (C=O) groups excluding carboxylic acids is 1. The van der Waals surface area contributed by atoms with Gasteiger partial charge in [0.25, 0.3) is 0 Å². The molecule has 0 aromatic heterocycles. The molecular weight excluding hydrogens is 314 g/mol.